The molecule has 0 aliphatic rings. The van der Waals surface area contributed by atoms with Gasteiger partial charge in [0.25, 0.3) is 0 Å². The van der Waals surface area contributed by atoms with Crippen molar-refractivity contribution in [2.45, 2.75) is 6.42 Å². The number of hydrogen-bond acceptors (Lipinski definition) is 3. The summed E-state index contributed by atoms with van der Waals surface area (Å²) < 4.78 is 0.782. The Morgan fingerprint density at radius 1 is 1.36 bits per heavy atom. The van der Waals surface area contributed by atoms with Crippen molar-refractivity contribution in [3.8, 4) is 0 Å². The topological polar surface area (TPSA) is 50.1 Å². The van der Waals surface area contributed by atoms with Gasteiger partial charge in [0.1, 0.15) is 6.67 Å². The summed E-state index contributed by atoms with van der Waals surface area (Å²) in [4.78, 5) is 0. The van der Waals surface area contributed by atoms with Gasteiger partial charge in [-0.25, -0.2) is 4.59 Å². The highest BCUT2D eigenvalue weighted by molar-refractivity contribution is 4.41. The third kappa shape index (κ3) is 6.25. The van der Waals surface area contributed by atoms with E-state index < -0.39 is 0 Å². The molecule has 4 nitrogen and oxygen atoms in total. The minimum Gasteiger partial charge on any atom is -0.330 e. The summed E-state index contributed by atoms with van der Waals surface area (Å²) >= 11 is 0. The Morgan fingerprint density at radius 3 is 2.45 bits per heavy atom. The third-order valence-electron chi connectivity index (χ3n) is 1.67. The van der Waals surface area contributed by atoms with Crippen LogP contribution in [0.15, 0.2) is 0 Å². The molecule has 4 N–H and O–H groups in total. The van der Waals surface area contributed by atoms with Crippen LogP contribution in [0.25, 0.3) is 0 Å². The lowest BCUT2D eigenvalue weighted by Gasteiger charge is -2.27. The Kier molecular flexibility index (Phi) is 5.41. The average Bonchev–Trinajstić information content (AvgIpc) is 1.99. The maximum absolute atomic E-state index is 5.35. The summed E-state index contributed by atoms with van der Waals surface area (Å²) in [5.74, 6) is 0. The van der Waals surface area contributed by atoms with Gasteiger partial charge in [0.15, 0.2) is 0 Å². The third-order valence-corrected chi connectivity index (χ3v) is 1.67. The number of quaternary nitrogens is 1. The van der Waals surface area contributed by atoms with Crippen LogP contribution in [0, 0.1) is 0 Å². The van der Waals surface area contributed by atoms with Crippen molar-refractivity contribution in [2.75, 3.05) is 40.9 Å². The normalized spacial score (nSPS) is 12.0. The second-order valence-corrected chi connectivity index (χ2v) is 3.21. The van der Waals surface area contributed by atoms with E-state index in [2.05, 4.69) is 24.8 Å². The van der Waals surface area contributed by atoms with Crippen LogP contribution in [-0.4, -0.2) is 45.5 Å². The zero-order valence-electron chi connectivity index (χ0n) is 7.85. The Bertz CT molecular complexity index is 92.4. The van der Waals surface area contributed by atoms with Gasteiger partial charge >= 0.3 is 0 Å². The van der Waals surface area contributed by atoms with E-state index in [-0.39, 0.29) is 0 Å². The molecule has 0 atom stereocenters. The van der Waals surface area contributed by atoms with Gasteiger partial charge in [0.2, 0.25) is 0 Å². The fourth-order valence-electron chi connectivity index (χ4n) is 0.665. The van der Waals surface area contributed by atoms with Crippen LogP contribution in [0.1, 0.15) is 6.42 Å². The number of nitrogens with two attached hydrogens (primary N) is 1. The Morgan fingerprint density at radius 2 is 2.00 bits per heavy atom. The van der Waals surface area contributed by atoms with E-state index in [4.69, 9.17) is 5.73 Å². The molecule has 0 fully saturated rings. The molecule has 0 saturated heterocycles. The SMILES string of the molecule is CN[N+](C)(C)CNCCCN. The van der Waals surface area contributed by atoms with Gasteiger partial charge in [-0.1, -0.05) is 0 Å². The van der Waals surface area contributed by atoms with Crippen molar-refractivity contribution < 1.29 is 4.59 Å². The van der Waals surface area contributed by atoms with Crippen molar-refractivity contribution in [3.05, 3.63) is 0 Å². The maximum Gasteiger partial charge on any atom is 0.149 e. The zero-order valence-corrected chi connectivity index (χ0v) is 7.85. The van der Waals surface area contributed by atoms with Gasteiger partial charge in [-0.3, -0.25) is 5.32 Å². The van der Waals surface area contributed by atoms with Crippen LogP contribution in [0.5, 0.6) is 0 Å². The first-order valence-electron chi connectivity index (χ1n) is 4.05. The number of rotatable bonds is 6. The lowest BCUT2D eigenvalue weighted by Crippen LogP contribution is -2.54. The summed E-state index contributed by atoms with van der Waals surface area (Å²) in [6, 6.07) is 0. The summed E-state index contributed by atoms with van der Waals surface area (Å²) in [6.07, 6.45) is 1.05. The molecule has 0 spiro atoms. The van der Waals surface area contributed by atoms with Crippen molar-refractivity contribution >= 4 is 0 Å². The molecule has 0 unspecified atom stereocenters. The molecule has 0 aliphatic heterocycles. The molecule has 0 saturated carbocycles. The standard InChI is InChI=1S/C7H21N4/c1-9-11(2,3)7-10-6-4-5-8/h9-10H,4-8H2,1-3H3/q+1. The minimum absolute atomic E-state index is 0.764. The van der Waals surface area contributed by atoms with Gasteiger partial charge in [-0.05, 0) is 13.0 Å². The largest absolute Gasteiger partial charge is 0.330 e. The van der Waals surface area contributed by atoms with E-state index in [0.717, 1.165) is 30.8 Å². The Hall–Kier alpha value is -0.160. The maximum atomic E-state index is 5.35. The zero-order chi connectivity index (χ0) is 8.74. The van der Waals surface area contributed by atoms with Crippen LogP contribution in [0.2, 0.25) is 0 Å². The van der Waals surface area contributed by atoms with Crippen molar-refractivity contribution in [3.63, 3.8) is 0 Å². The van der Waals surface area contributed by atoms with E-state index in [1.807, 2.05) is 7.05 Å². The van der Waals surface area contributed by atoms with Crippen LogP contribution in [0.3, 0.4) is 0 Å². The average molecular weight is 161 g/mol. The summed E-state index contributed by atoms with van der Waals surface area (Å²) in [7, 11) is 6.16. The monoisotopic (exact) mass is 161 g/mol. The number of nitrogens with zero attached hydrogens (tertiary/aromatic N) is 1. The highest BCUT2D eigenvalue weighted by atomic mass is 15.6. The quantitative estimate of drug-likeness (QED) is 0.205. The van der Waals surface area contributed by atoms with Crippen LogP contribution >= 0.6 is 0 Å². The molecule has 0 heterocycles. The highest BCUT2D eigenvalue weighted by Crippen LogP contribution is 1.84. The Labute approximate surface area is 69.3 Å². The molecule has 0 amide bonds. The number of hydrogen-bond donors (Lipinski definition) is 3. The van der Waals surface area contributed by atoms with E-state index in [1.54, 1.807) is 0 Å². The van der Waals surface area contributed by atoms with Gasteiger partial charge in [-0.15, -0.1) is 0 Å². The van der Waals surface area contributed by atoms with E-state index in [9.17, 15) is 0 Å². The predicted octanol–water partition coefficient (Wildman–Crippen LogP) is -0.907. The molecular formula is C7H21N4+. The molecule has 0 aromatic rings. The summed E-state index contributed by atoms with van der Waals surface area (Å²) in [5, 5.41) is 3.31. The second-order valence-electron chi connectivity index (χ2n) is 3.21. The van der Waals surface area contributed by atoms with Gasteiger partial charge in [-0.2, -0.15) is 5.43 Å². The van der Waals surface area contributed by atoms with E-state index in [0.29, 0.717) is 0 Å². The molecule has 4 heteroatoms. The lowest BCUT2D eigenvalue weighted by atomic mass is 10.4. The molecule has 0 rings (SSSR count). The Balaban J connectivity index is 3.23. The summed E-state index contributed by atoms with van der Waals surface area (Å²) in [5.41, 5.74) is 8.51. The van der Waals surface area contributed by atoms with Crippen LogP contribution < -0.4 is 16.5 Å². The first-order chi connectivity index (χ1) is 5.12. The summed E-state index contributed by atoms with van der Waals surface area (Å²) in [6.45, 7) is 2.69. The first-order valence-corrected chi connectivity index (χ1v) is 4.05. The van der Waals surface area contributed by atoms with Crippen molar-refractivity contribution in [1.82, 2.24) is 10.7 Å². The molecule has 68 valence electrons. The van der Waals surface area contributed by atoms with Crippen LogP contribution in [-0.2, 0) is 0 Å². The van der Waals surface area contributed by atoms with Gasteiger partial charge in [0, 0.05) is 13.6 Å². The molecule has 11 heavy (non-hydrogen) atoms. The van der Waals surface area contributed by atoms with Gasteiger partial charge in [0.05, 0.1) is 14.1 Å². The molecular weight excluding hydrogens is 140 g/mol. The van der Waals surface area contributed by atoms with Crippen molar-refractivity contribution in [1.29, 1.82) is 0 Å². The van der Waals surface area contributed by atoms with E-state index in [1.165, 1.54) is 0 Å². The molecule has 0 bridgehead atoms. The highest BCUT2D eigenvalue weighted by Gasteiger charge is 2.09. The lowest BCUT2D eigenvalue weighted by molar-refractivity contribution is -0.934. The molecule has 0 radical (unpaired) electrons. The fourth-order valence-corrected chi connectivity index (χ4v) is 0.665. The first kappa shape index (κ1) is 10.8. The number of nitrogens with one attached hydrogen (secondary N) is 2. The van der Waals surface area contributed by atoms with Crippen LogP contribution in [0.4, 0.5) is 0 Å². The van der Waals surface area contributed by atoms with Gasteiger partial charge < -0.3 is 5.73 Å². The minimum atomic E-state index is 0.764. The second kappa shape index (κ2) is 5.49. The fraction of sp³-hybridized carbons (Fsp3) is 1.00. The van der Waals surface area contributed by atoms with Crippen molar-refractivity contribution in [2.24, 2.45) is 5.73 Å². The predicted molar refractivity (Wildman–Crippen MR) is 47.7 cm³/mol. The molecule has 0 aliphatic carbocycles. The molecule has 0 aromatic heterocycles. The molecule has 0 aromatic carbocycles. The van der Waals surface area contributed by atoms with E-state index >= 15 is 0 Å². The smallest absolute Gasteiger partial charge is 0.149 e.